The number of pyridine rings is 1. The first-order valence-corrected chi connectivity index (χ1v) is 13.4. The van der Waals surface area contributed by atoms with Crippen LogP contribution in [0.25, 0.3) is 11.1 Å². The molecule has 0 radical (unpaired) electrons. The van der Waals surface area contributed by atoms with E-state index in [1.807, 2.05) is 37.3 Å². The SMILES string of the molecule is CCCN(C(=O)CNC(=O)COc1ccc(NC(=O)c2ccccc2-c2ccc(C(F)(F)F)cc2)cn1)c1ccccc1. The second-order valence-corrected chi connectivity index (χ2v) is 9.41. The lowest BCUT2D eigenvalue weighted by molar-refractivity contribution is -0.137. The molecule has 11 heteroatoms. The number of alkyl halides is 3. The highest BCUT2D eigenvalue weighted by Crippen LogP contribution is 2.32. The number of halogens is 3. The van der Waals surface area contributed by atoms with Gasteiger partial charge in [0.25, 0.3) is 11.8 Å². The first kappa shape index (κ1) is 30.8. The molecule has 0 fully saturated rings. The summed E-state index contributed by atoms with van der Waals surface area (Å²) >= 11 is 0. The predicted octanol–water partition coefficient (Wildman–Crippen LogP) is 5.96. The molecule has 0 bridgehead atoms. The Morgan fingerprint density at radius 3 is 2.23 bits per heavy atom. The maximum atomic E-state index is 13.0. The van der Waals surface area contributed by atoms with Gasteiger partial charge in [0.2, 0.25) is 11.8 Å². The number of ether oxygens (including phenoxy) is 1. The number of carbonyl (C=O) groups is 3. The van der Waals surface area contributed by atoms with Crippen LogP contribution in [0.15, 0.2) is 97.2 Å². The highest BCUT2D eigenvalue weighted by atomic mass is 19.4. The van der Waals surface area contributed by atoms with Crippen molar-refractivity contribution in [2.24, 2.45) is 0 Å². The lowest BCUT2D eigenvalue weighted by atomic mass is 9.98. The van der Waals surface area contributed by atoms with Crippen LogP contribution >= 0.6 is 0 Å². The third-order valence-corrected chi connectivity index (χ3v) is 6.29. The van der Waals surface area contributed by atoms with E-state index in [2.05, 4.69) is 15.6 Å². The summed E-state index contributed by atoms with van der Waals surface area (Å²) in [5.74, 6) is -1.11. The molecule has 1 aromatic heterocycles. The monoisotopic (exact) mass is 590 g/mol. The first-order valence-electron chi connectivity index (χ1n) is 13.4. The van der Waals surface area contributed by atoms with E-state index >= 15 is 0 Å². The molecular weight excluding hydrogens is 561 g/mol. The number of carbonyl (C=O) groups excluding carboxylic acids is 3. The molecule has 0 spiro atoms. The van der Waals surface area contributed by atoms with Crippen LogP contribution in [0, 0.1) is 0 Å². The maximum Gasteiger partial charge on any atom is 0.416 e. The van der Waals surface area contributed by atoms with E-state index < -0.39 is 23.6 Å². The van der Waals surface area contributed by atoms with Crippen LogP contribution in [0.3, 0.4) is 0 Å². The van der Waals surface area contributed by atoms with E-state index in [0.29, 0.717) is 23.4 Å². The first-order chi connectivity index (χ1) is 20.7. The van der Waals surface area contributed by atoms with Crippen LogP contribution in [-0.4, -0.2) is 42.4 Å². The molecule has 43 heavy (non-hydrogen) atoms. The molecule has 1 heterocycles. The Morgan fingerprint density at radius 2 is 1.58 bits per heavy atom. The Bertz CT molecular complexity index is 1540. The normalized spacial score (nSPS) is 11.0. The molecule has 0 unspecified atom stereocenters. The minimum Gasteiger partial charge on any atom is -0.468 e. The van der Waals surface area contributed by atoms with Crippen LogP contribution in [0.4, 0.5) is 24.5 Å². The largest absolute Gasteiger partial charge is 0.468 e. The third kappa shape index (κ3) is 8.41. The van der Waals surface area contributed by atoms with Gasteiger partial charge in [-0.25, -0.2) is 4.98 Å². The van der Waals surface area contributed by atoms with Gasteiger partial charge in [0.1, 0.15) is 0 Å². The van der Waals surface area contributed by atoms with Crippen molar-refractivity contribution in [1.82, 2.24) is 10.3 Å². The molecule has 3 aromatic carbocycles. The topological polar surface area (TPSA) is 101 Å². The molecule has 0 aliphatic heterocycles. The number of aromatic nitrogens is 1. The summed E-state index contributed by atoms with van der Waals surface area (Å²) in [7, 11) is 0. The third-order valence-electron chi connectivity index (χ3n) is 6.29. The number of amides is 3. The average Bonchev–Trinajstić information content (AvgIpc) is 3.02. The van der Waals surface area contributed by atoms with Crippen LogP contribution in [0.5, 0.6) is 5.88 Å². The lowest BCUT2D eigenvalue weighted by Gasteiger charge is -2.22. The van der Waals surface area contributed by atoms with Crippen molar-refractivity contribution >= 4 is 29.1 Å². The van der Waals surface area contributed by atoms with E-state index in [1.54, 1.807) is 29.2 Å². The van der Waals surface area contributed by atoms with Gasteiger partial charge in [-0.1, -0.05) is 55.5 Å². The lowest BCUT2D eigenvalue weighted by Crippen LogP contribution is -2.42. The van der Waals surface area contributed by atoms with Gasteiger partial charge in [0.15, 0.2) is 6.61 Å². The Morgan fingerprint density at radius 1 is 0.884 bits per heavy atom. The number of anilines is 2. The Kier molecular flexibility index (Phi) is 10.1. The average molecular weight is 591 g/mol. The molecule has 222 valence electrons. The summed E-state index contributed by atoms with van der Waals surface area (Å²) in [6.45, 7) is 1.92. The molecule has 0 saturated carbocycles. The Balaban J connectivity index is 1.30. The molecule has 0 aliphatic rings. The summed E-state index contributed by atoms with van der Waals surface area (Å²) in [5.41, 5.74) is 1.50. The maximum absolute atomic E-state index is 13.0. The fourth-order valence-corrected chi connectivity index (χ4v) is 4.20. The smallest absolute Gasteiger partial charge is 0.416 e. The molecule has 0 aliphatic carbocycles. The van der Waals surface area contributed by atoms with Crippen LogP contribution in [-0.2, 0) is 15.8 Å². The minimum absolute atomic E-state index is 0.126. The van der Waals surface area contributed by atoms with Crippen molar-refractivity contribution < 1.29 is 32.3 Å². The molecule has 4 aromatic rings. The fourth-order valence-electron chi connectivity index (χ4n) is 4.20. The standard InChI is InChI=1S/C32H29F3N4O4/c1-2-18-39(25-8-4-3-5-9-25)30(41)20-36-28(40)21-43-29-17-16-24(19-37-29)38-31(42)27-11-7-6-10-26(27)22-12-14-23(15-13-22)32(33,34)35/h3-17,19H,2,18,20-21H2,1H3,(H,36,40)(H,38,42). The van der Waals surface area contributed by atoms with Gasteiger partial charge in [-0.3, -0.25) is 14.4 Å². The second-order valence-electron chi connectivity index (χ2n) is 9.41. The molecule has 3 amide bonds. The van der Waals surface area contributed by atoms with Crippen molar-refractivity contribution in [3.05, 3.63) is 108 Å². The van der Waals surface area contributed by atoms with Gasteiger partial charge in [-0.2, -0.15) is 13.2 Å². The number of nitrogens with one attached hydrogen (secondary N) is 2. The zero-order chi connectivity index (χ0) is 30.8. The molecule has 8 nitrogen and oxygen atoms in total. The predicted molar refractivity (Wildman–Crippen MR) is 157 cm³/mol. The number of rotatable bonds is 11. The quantitative estimate of drug-likeness (QED) is 0.225. The summed E-state index contributed by atoms with van der Waals surface area (Å²) in [4.78, 5) is 43.7. The molecule has 4 rings (SSSR count). The molecule has 2 N–H and O–H groups in total. The van der Waals surface area contributed by atoms with E-state index in [9.17, 15) is 27.6 Å². The fraction of sp³-hybridized carbons (Fsp3) is 0.188. The summed E-state index contributed by atoms with van der Waals surface area (Å²) in [6.07, 6.45) is -2.36. The number of hydrogen-bond donors (Lipinski definition) is 2. The van der Waals surface area contributed by atoms with Gasteiger partial charge < -0.3 is 20.3 Å². The number of benzene rings is 3. The molecular formula is C32H29F3N4O4. The van der Waals surface area contributed by atoms with Crippen molar-refractivity contribution in [3.63, 3.8) is 0 Å². The summed E-state index contributed by atoms with van der Waals surface area (Å²) in [6, 6.07) is 23.3. The highest BCUT2D eigenvalue weighted by Gasteiger charge is 2.30. The number of hydrogen-bond acceptors (Lipinski definition) is 5. The Hall–Kier alpha value is -5.19. The minimum atomic E-state index is -4.46. The summed E-state index contributed by atoms with van der Waals surface area (Å²) < 4.78 is 44.2. The van der Waals surface area contributed by atoms with E-state index in [-0.39, 0.29) is 30.5 Å². The van der Waals surface area contributed by atoms with Gasteiger partial charge in [0, 0.05) is 23.9 Å². The van der Waals surface area contributed by atoms with Gasteiger partial charge >= 0.3 is 6.18 Å². The van der Waals surface area contributed by atoms with Gasteiger partial charge in [-0.15, -0.1) is 0 Å². The highest BCUT2D eigenvalue weighted by molar-refractivity contribution is 6.08. The van der Waals surface area contributed by atoms with E-state index in [1.165, 1.54) is 30.5 Å². The Labute approximate surface area is 246 Å². The van der Waals surface area contributed by atoms with E-state index in [4.69, 9.17) is 4.74 Å². The van der Waals surface area contributed by atoms with Crippen LogP contribution in [0.2, 0.25) is 0 Å². The second kappa shape index (κ2) is 14.1. The van der Waals surface area contributed by atoms with Crippen molar-refractivity contribution in [2.75, 3.05) is 29.9 Å². The van der Waals surface area contributed by atoms with Gasteiger partial charge in [0.05, 0.1) is 24.0 Å². The van der Waals surface area contributed by atoms with Crippen molar-refractivity contribution in [1.29, 1.82) is 0 Å². The van der Waals surface area contributed by atoms with Crippen molar-refractivity contribution in [3.8, 4) is 17.0 Å². The van der Waals surface area contributed by atoms with Crippen LogP contribution in [0.1, 0.15) is 29.3 Å². The van der Waals surface area contributed by atoms with Crippen molar-refractivity contribution in [2.45, 2.75) is 19.5 Å². The molecule has 0 saturated heterocycles. The van der Waals surface area contributed by atoms with Crippen LogP contribution < -0.4 is 20.3 Å². The van der Waals surface area contributed by atoms with E-state index in [0.717, 1.165) is 24.2 Å². The number of nitrogens with zero attached hydrogens (tertiary/aromatic N) is 2. The van der Waals surface area contributed by atoms with Gasteiger partial charge in [-0.05, 0) is 53.9 Å². The summed E-state index contributed by atoms with van der Waals surface area (Å²) in [5, 5.41) is 5.26. The zero-order valence-corrected chi connectivity index (χ0v) is 23.2. The zero-order valence-electron chi connectivity index (χ0n) is 23.2. The molecule has 0 atom stereocenters. The number of para-hydroxylation sites is 1.